The monoisotopic (exact) mass is 441 g/mol. The maximum absolute atomic E-state index is 12.7. The van der Waals surface area contributed by atoms with Gasteiger partial charge in [0.25, 0.3) is 5.91 Å². The van der Waals surface area contributed by atoms with Crippen LogP contribution in [0.25, 0.3) is 11.1 Å². The van der Waals surface area contributed by atoms with E-state index in [2.05, 4.69) is 22.3 Å². The highest BCUT2D eigenvalue weighted by molar-refractivity contribution is 6.04. The first-order valence-corrected chi connectivity index (χ1v) is 11.4. The SMILES string of the molecule is CC(C)(C)C(=O)N1CCN(c2ccc(NC(=O)c3ccc(-c4ccccc4)cc3)cc2)CC1. The molecule has 2 amide bonds. The number of carbonyl (C=O) groups is 2. The van der Waals surface area contributed by atoms with Gasteiger partial charge in [-0.2, -0.15) is 0 Å². The smallest absolute Gasteiger partial charge is 0.255 e. The van der Waals surface area contributed by atoms with Gasteiger partial charge in [0.2, 0.25) is 5.91 Å². The molecule has 0 aromatic heterocycles. The van der Waals surface area contributed by atoms with Crippen molar-refractivity contribution in [3.05, 3.63) is 84.4 Å². The van der Waals surface area contributed by atoms with Crippen LogP contribution in [0.3, 0.4) is 0 Å². The molecule has 1 fully saturated rings. The third-order valence-electron chi connectivity index (χ3n) is 5.95. The Kier molecular flexibility index (Phi) is 6.50. The van der Waals surface area contributed by atoms with Crippen molar-refractivity contribution in [3.63, 3.8) is 0 Å². The average molecular weight is 442 g/mol. The lowest BCUT2D eigenvalue weighted by Gasteiger charge is -2.38. The first-order chi connectivity index (χ1) is 15.8. The average Bonchev–Trinajstić information content (AvgIpc) is 2.84. The van der Waals surface area contributed by atoms with Crippen molar-refractivity contribution in [3.8, 4) is 11.1 Å². The molecule has 0 unspecified atom stereocenters. The Morgan fingerprint density at radius 3 is 1.88 bits per heavy atom. The molecule has 4 rings (SSSR count). The lowest BCUT2D eigenvalue weighted by molar-refractivity contribution is -0.139. The molecule has 170 valence electrons. The van der Waals surface area contributed by atoms with Crippen molar-refractivity contribution in [1.29, 1.82) is 0 Å². The molecule has 1 aliphatic heterocycles. The molecule has 0 bridgehead atoms. The largest absolute Gasteiger partial charge is 0.368 e. The van der Waals surface area contributed by atoms with Crippen LogP contribution in [0.4, 0.5) is 11.4 Å². The topological polar surface area (TPSA) is 52.7 Å². The zero-order valence-corrected chi connectivity index (χ0v) is 19.5. The Labute approximate surface area is 196 Å². The minimum Gasteiger partial charge on any atom is -0.368 e. The number of nitrogens with one attached hydrogen (secondary N) is 1. The highest BCUT2D eigenvalue weighted by Crippen LogP contribution is 2.23. The number of rotatable bonds is 4. The minimum atomic E-state index is -0.343. The van der Waals surface area contributed by atoms with Gasteiger partial charge in [-0.1, -0.05) is 63.2 Å². The molecular weight excluding hydrogens is 410 g/mol. The quantitative estimate of drug-likeness (QED) is 0.598. The normalized spacial score (nSPS) is 14.2. The molecule has 33 heavy (non-hydrogen) atoms. The van der Waals surface area contributed by atoms with Crippen molar-refractivity contribution in [2.45, 2.75) is 20.8 Å². The fourth-order valence-corrected chi connectivity index (χ4v) is 4.05. The lowest BCUT2D eigenvalue weighted by Crippen LogP contribution is -2.51. The van der Waals surface area contributed by atoms with Crippen LogP contribution in [-0.2, 0) is 4.79 Å². The predicted octanol–water partition coefficient (Wildman–Crippen LogP) is 5.30. The van der Waals surface area contributed by atoms with Crippen molar-refractivity contribution >= 4 is 23.2 Å². The summed E-state index contributed by atoms with van der Waals surface area (Å²) in [7, 11) is 0. The Morgan fingerprint density at radius 2 is 1.30 bits per heavy atom. The van der Waals surface area contributed by atoms with Gasteiger partial charge in [0, 0.05) is 48.5 Å². The Bertz CT molecular complexity index is 1090. The fraction of sp³-hybridized carbons (Fsp3) is 0.286. The van der Waals surface area contributed by atoms with Gasteiger partial charge in [-0.3, -0.25) is 9.59 Å². The van der Waals surface area contributed by atoms with E-state index < -0.39 is 0 Å². The number of nitrogens with zero attached hydrogens (tertiary/aromatic N) is 2. The zero-order valence-electron chi connectivity index (χ0n) is 19.5. The zero-order chi connectivity index (χ0) is 23.4. The second kappa shape index (κ2) is 9.49. The van der Waals surface area contributed by atoms with Gasteiger partial charge in [-0.15, -0.1) is 0 Å². The van der Waals surface area contributed by atoms with Gasteiger partial charge >= 0.3 is 0 Å². The predicted molar refractivity (Wildman–Crippen MR) is 135 cm³/mol. The number of benzene rings is 3. The summed E-state index contributed by atoms with van der Waals surface area (Å²) in [6, 6.07) is 25.7. The summed E-state index contributed by atoms with van der Waals surface area (Å²) in [5, 5.41) is 2.98. The Morgan fingerprint density at radius 1 is 0.727 bits per heavy atom. The molecule has 1 aliphatic rings. The van der Waals surface area contributed by atoms with Gasteiger partial charge in [0.05, 0.1) is 0 Å². The van der Waals surface area contributed by atoms with Crippen molar-refractivity contribution in [1.82, 2.24) is 4.90 Å². The molecule has 1 heterocycles. The van der Waals surface area contributed by atoms with E-state index in [0.29, 0.717) is 5.56 Å². The molecule has 0 spiro atoms. The van der Waals surface area contributed by atoms with Crippen LogP contribution in [0.1, 0.15) is 31.1 Å². The van der Waals surface area contributed by atoms with Crippen molar-refractivity contribution < 1.29 is 9.59 Å². The van der Waals surface area contributed by atoms with Crippen LogP contribution < -0.4 is 10.2 Å². The van der Waals surface area contributed by atoms with Crippen LogP contribution >= 0.6 is 0 Å². The van der Waals surface area contributed by atoms with E-state index in [0.717, 1.165) is 48.7 Å². The summed E-state index contributed by atoms with van der Waals surface area (Å²) in [4.78, 5) is 29.4. The maximum Gasteiger partial charge on any atom is 0.255 e. The summed E-state index contributed by atoms with van der Waals surface area (Å²) in [5.74, 6) is 0.0775. The minimum absolute atomic E-state index is 0.128. The molecule has 5 nitrogen and oxygen atoms in total. The second-order valence-corrected chi connectivity index (χ2v) is 9.47. The Balaban J connectivity index is 1.33. The molecule has 5 heteroatoms. The van der Waals surface area contributed by atoms with Crippen molar-refractivity contribution in [2.75, 3.05) is 36.4 Å². The Hall–Kier alpha value is -3.60. The van der Waals surface area contributed by atoms with E-state index in [1.807, 2.05) is 92.4 Å². The van der Waals surface area contributed by atoms with E-state index in [1.54, 1.807) is 0 Å². The number of hydrogen-bond donors (Lipinski definition) is 1. The molecule has 0 radical (unpaired) electrons. The number of piperazine rings is 1. The molecular formula is C28H31N3O2. The molecule has 0 saturated carbocycles. The lowest BCUT2D eigenvalue weighted by atomic mass is 9.94. The standard InChI is InChI=1S/C28H31N3O2/c1-28(2,3)27(33)31-19-17-30(18-20-31)25-15-13-24(14-16-25)29-26(32)23-11-9-22(10-12-23)21-7-5-4-6-8-21/h4-16H,17-20H2,1-3H3,(H,29,32). The third kappa shape index (κ3) is 5.43. The highest BCUT2D eigenvalue weighted by Gasteiger charge is 2.29. The van der Waals surface area contributed by atoms with Crippen LogP contribution in [-0.4, -0.2) is 42.9 Å². The summed E-state index contributed by atoms with van der Waals surface area (Å²) in [6.07, 6.45) is 0. The number of hydrogen-bond acceptors (Lipinski definition) is 3. The summed E-state index contributed by atoms with van der Waals surface area (Å²) >= 11 is 0. The van der Waals surface area contributed by atoms with Gasteiger partial charge < -0.3 is 15.1 Å². The second-order valence-electron chi connectivity index (χ2n) is 9.47. The van der Waals surface area contributed by atoms with Crippen LogP contribution in [0.2, 0.25) is 0 Å². The highest BCUT2D eigenvalue weighted by atomic mass is 16.2. The van der Waals surface area contributed by atoms with Crippen LogP contribution in [0.5, 0.6) is 0 Å². The third-order valence-corrected chi connectivity index (χ3v) is 5.95. The van der Waals surface area contributed by atoms with Crippen LogP contribution in [0.15, 0.2) is 78.9 Å². The van der Waals surface area contributed by atoms with Gasteiger partial charge in [0.15, 0.2) is 0 Å². The molecule has 3 aromatic rings. The van der Waals surface area contributed by atoms with Gasteiger partial charge in [-0.05, 0) is 47.5 Å². The molecule has 3 aromatic carbocycles. The van der Waals surface area contributed by atoms with E-state index in [4.69, 9.17) is 0 Å². The number of anilines is 2. The van der Waals surface area contributed by atoms with Crippen molar-refractivity contribution in [2.24, 2.45) is 5.41 Å². The fourth-order valence-electron chi connectivity index (χ4n) is 4.05. The maximum atomic E-state index is 12.7. The first kappa shape index (κ1) is 22.6. The molecule has 1 N–H and O–H groups in total. The first-order valence-electron chi connectivity index (χ1n) is 11.4. The van der Waals surface area contributed by atoms with E-state index >= 15 is 0 Å². The van der Waals surface area contributed by atoms with E-state index in [-0.39, 0.29) is 17.2 Å². The summed E-state index contributed by atoms with van der Waals surface area (Å²) in [5.41, 5.74) is 4.35. The summed E-state index contributed by atoms with van der Waals surface area (Å²) in [6.45, 7) is 8.97. The van der Waals surface area contributed by atoms with Gasteiger partial charge in [0.1, 0.15) is 0 Å². The number of amides is 2. The number of carbonyl (C=O) groups excluding carboxylic acids is 2. The summed E-state index contributed by atoms with van der Waals surface area (Å²) < 4.78 is 0. The molecule has 0 atom stereocenters. The van der Waals surface area contributed by atoms with Gasteiger partial charge in [-0.25, -0.2) is 0 Å². The van der Waals surface area contributed by atoms with E-state index in [9.17, 15) is 9.59 Å². The molecule has 0 aliphatic carbocycles. The molecule has 1 saturated heterocycles. The van der Waals surface area contributed by atoms with Crippen LogP contribution in [0, 0.1) is 5.41 Å². The van der Waals surface area contributed by atoms with E-state index in [1.165, 1.54) is 0 Å².